The van der Waals surface area contributed by atoms with E-state index in [4.69, 9.17) is 15.5 Å². The highest BCUT2D eigenvalue weighted by Crippen LogP contribution is 2.30. The molecule has 2 aliphatic heterocycles. The lowest BCUT2D eigenvalue weighted by atomic mass is 10.0. The molecule has 13 heteroatoms. The maximum absolute atomic E-state index is 13.1. The average Bonchev–Trinajstić information content (AvgIpc) is 3.47. The van der Waals surface area contributed by atoms with Crippen LogP contribution in [0.2, 0.25) is 0 Å². The maximum Gasteiger partial charge on any atom is 0.256 e. The molecule has 1 amide bonds. The molecular formula is C31H39N11O2. The number of allylic oxidation sites excluding steroid dienone is 1. The van der Waals surface area contributed by atoms with E-state index in [0.29, 0.717) is 57.4 Å². The molecule has 0 aliphatic carbocycles. The van der Waals surface area contributed by atoms with E-state index >= 15 is 0 Å². The Morgan fingerprint density at radius 2 is 1.84 bits per heavy atom. The second-order valence-corrected chi connectivity index (χ2v) is 11.8. The van der Waals surface area contributed by atoms with Crippen LogP contribution in [0.5, 0.6) is 0 Å². The highest BCUT2D eigenvalue weighted by molar-refractivity contribution is 6.05. The number of amides is 1. The zero-order valence-corrected chi connectivity index (χ0v) is 25.6. The van der Waals surface area contributed by atoms with Crippen LogP contribution in [0.3, 0.4) is 0 Å². The fourth-order valence-corrected chi connectivity index (χ4v) is 5.96. The Balaban J connectivity index is 1.20. The van der Waals surface area contributed by atoms with E-state index in [9.17, 15) is 4.79 Å². The highest BCUT2D eigenvalue weighted by Gasteiger charge is 2.31. The van der Waals surface area contributed by atoms with Gasteiger partial charge in [-0.2, -0.15) is 10.1 Å². The van der Waals surface area contributed by atoms with Crippen LogP contribution in [0.1, 0.15) is 55.2 Å². The van der Waals surface area contributed by atoms with E-state index in [2.05, 4.69) is 66.0 Å². The van der Waals surface area contributed by atoms with Gasteiger partial charge < -0.3 is 26.0 Å². The predicted molar refractivity (Wildman–Crippen MR) is 172 cm³/mol. The molecule has 6 rings (SSSR count). The van der Waals surface area contributed by atoms with Crippen LogP contribution in [0.25, 0.3) is 16.6 Å². The highest BCUT2D eigenvalue weighted by atomic mass is 16.5. The van der Waals surface area contributed by atoms with Crippen LogP contribution >= 0.6 is 0 Å². The van der Waals surface area contributed by atoms with E-state index in [-0.39, 0.29) is 18.1 Å². The van der Waals surface area contributed by atoms with Crippen LogP contribution in [0, 0.1) is 6.92 Å². The zero-order valence-electron chi connectivity index (χ0n) is 25.6. The summed E-state index contributed by atoms with van der Waals surface area (Å²) in [5, 5.41) is 13.2. The molecule has 3 aromatic heterocycles. The summed E-state index contributed by atoms with van der Waals surface area (Å²) in [5.74, 6) is 1.55. The quantitative estimate of drug-likeness (QED) is 0.242. The SMILES string of the molecule is C=C(C)c1cc(NC(=O)c2ccc(C)c(Nc3ncnc4c(N)nc(N5CCC(N6C[C@@H](C)O[C@@H](C)C6)CC5)nc34)c2)[nH]n1. The minimum Gasteiger partial charge on any atom is -0.382 e. The van der Waals surface area contributed by atoms with Crippen molar-refractivity contribution in [3.05, 3.63) is 54.0 Å². The smallest absolute Gasteiger partial charge is 0.256 e. The van der Waals surface area contributed by atoms with Gasteiger partial charge in [-0.05, 0) is 63.8 Å². The molecule has 0 bridgehead atoms. The van der Waals surface area contributed by atoms with Crippen molar-refractivity contribution in [2.45, 2.75) is 58.8 Å². The molecule has 2 aliphatic rings. The lowest BCUT2D eigenvalue weighted by Crippen LogP contribution is -2.53. The normalized spacial score (nSPS) is 19.7. The molecule has 4 aromatic rings. The molecule has 2 saturated heterocycles. The second-order valence-electron chi connectivity index (χ2n) is 11.8. The van der Waals surface area contributed by atoms with Gasteiger partial charge in [0.05, 0.1) is 17.9 Å². The van der Waals surface area contributed by atoms with Gasteiger partial charge in [0, 0.05) is 49.5 Å². The largest absolute Gasteiger partial charge is 0.382 e. The standard InChI is InChI=1S/C31H39N11O2/c1-17(2)23-13-25(40-39-23)36-30(43)21-7-6-18(3)24(12-21)35-29-27-26(33-16-34-29)28(32)38-31(37-27)41-10-8-22(9-11-41)42-14-19(4)44-20(5)15-42/h6-7,12-13,16,19-20,22H,1,8-11,14-15H2,2-5H3,(H2,32,37,38)(H,33,34,35)(H2,36,39,40,43)/t19-,20+. The van der Waals surface area contributed by atoms with Crippen molar-refractivity contribution < 1.29 is 9.53 Å². The van der Waals surface area contributed by atoms with Crippen molar-refractivity contribution in [2.24, 2.45) is 0 Å². The van der Waals surface area contributed by atoms with E-state index in [1.807, 2.05) is 19.9 Å². The second kappa shape index (κ2) is 12.2. The van der Waals surface area contributed by atoms with Gasteiger partial charge in [0.2, 0.25) is 5.95 Å². The summed E-state index contributed by atoms with van der Waals surface area (Å²) in [6.45, 7) is 15.6. The number of nitrogens with two attached hydrogens (primary N) is 1. The Labute approximate surface area is 256 Å². The first kappa shape index (κ1) is 29.5. The molecule has 230 valence electrons. The topological polar surface area (TPSA) is 163 Å². The van der Waals surface area contributed by atoms with Crippen LogP contribution in [0.4, 0.5) is 29.1 Å². The van der Waals surface area contributed by atoms with Crippen LogP contribution in [-0.2, 0) is 4.74 Å². The summed E-state index contributed by atoms with van der Waals surface area (Å²) in [5.41, 5.74) is 11.0. The molecule has 5 heterocycles. The van der Waals surface area contributed by atoms with Crippen molar-refractivity contribution in [1.29, 1.82) is 0 Å². The molecule has 0 spiro atoms. The Bertz CT molecular complexity index is 1690. The lowest BCUT2D eigenvalue weighted by molar-refractivity contribution is -0.0826. The lowest BCUT2D eigenvalue weighted by Gasteiger charge is -2.43. The number of benzene rings is 1. The number of anilines is 5. The van der Waals surface area contributed by atoms with E-state index in [0.717, 1.165) is 50.2 Å². The van der Waals surface area contributed by atoms with Gasteiger partial charge in [0.15, 0.2) is 11.6 Å². The van der Waals surface area contributed by atoms with Gasteiger partial charge in [-0.3, -0.25) is 14.8 Å². The Hall–Kier alpha value is -4.62. The molecule has 1 aromatic carbocycles. The summed E-state index contributed by atoms with van der Waals surface area (Å²) in [7, 11) is 0. The number of nitrogens with zero attached hydrogens (tertiary/aromatic N) is 7. The predicted octanol–water partition coefficient (Wildman–Crippen LogP) is 4.14. The summed E-state index contributed by atoms with van der Waals surface area (Å²) >= 11 is 0. The number of fused-ring (bicyclic) bond motifs is 1. The number of ether oxygens (including phenoxy) is 1. The molecule has 2 fully saturated rings. The van der Waals surface area contributed by atoms with Gasteiger partial charge in [-0.25, -0.2) is 15.0 Å². The number of morpholine rings is 1. The Morgan fingerprint density at radius 1 is 1.09 bits per heavy atom. The van der Waals surface area contributed by atoms with Gasteiger partial charge in [-0.1, -0.05) is 12.6 Å². The number of carbonyl (C=O) groups is 1. The number of hydrogen-bond acceptors (Lipinski definition) is 11. The number of aromatic nitrogens is 6. The van der Waals surface area contributed by atoms with E-state index in [1.165, 1.54) is 6.33 Å². The molecule has 13 nitrogen and oxygen atoms in total. The van der Waals surface area contributed by atoms with Crippen molar-refractivity contribution in [3.8, 4) is 0 Å². The number of piperidine rings is 1. The third-order valence-electron chi connectivity index (χ3n) is 8.22. The molecular weight excluding hydrogens is 558 g/mol. The van der Waals surface area contributed by atoms with Crippen molar-refractivity contribution in [3.63, 3.8) is 0 Å². The number of nitrogens with one attached hydrogen (secondary N) is 3. The van der Waals surface area contributed by atoms with Gasteiger partial charge in [0.1, 0.15) is 23.2 Å². The summed E-state index contributed by atoms with van der Waals surface area (Å²) in [6, 6.07) is 7.67. The minimum atomic E-state index is -0.282. The third kappa shape index (κ3) is 6.19. The summed E-state index contributed by atoms with van der Waals surface area (Å²) in [6.07, 6.45) is 3.95. The number of hydrogen-bond donors (Lipinski definition) is 4. The van der Waals surface area contributed by atoms with Crippen molar-refractivity contribution in [2.75, 3.05) is 47.4 Å². The van der Waals surface area contributed by atoms with E-state index in [1.54, 1.807) is 18.2 Å². The first-order valence-corrected chi connectivity index (χ1v) is 15.0. The molecule has 0 radical (unpaired) electrons. The molecule has 2 atom stereocenters. The molecule has 44 heavy (non-hydrogen) atoms. The Kier molecular flexibility index (Phi) is 8.15. The first-order chi connectivity index (χ1) is 21.1. The molecule has 5 N–H and O–H groups in total. The number of aryl methyl sites for hydroxylation is 1. The van der Waals surface area contributed by atoms with Crippen molar-refractivity contribution in [1.82, 2.24) is 35.0 Å². The van der Waals surface area contributed by atoms with Crippen LogP contribution in [-0.4, -0.2) is 85.4 Å². The molecule has 0 unspecified atom stereocenters. The Morgan fingerprint density at radius 3 is 2.55 bits per heavy atom. The van der Waals surface area contributed by atoms with Gasteiger partial charge in [0.25, 0.3) is 5.91 Å². The number of nitrogen functional groups attached to an aromatic ring is 1. The van der Waals surface area contributed by atoms with Gasteiger partial charge >= 0.3 is 0 Å². The summed E-state index contributed by atoms with van der Waals surface area (Å²) in [4.78, 5) is 36.2. The fourth-order valence-electron chi connectivity index (χ4n) is 5.96. The molecule has 0 saturated carbocycles. The fraction of sp³-hybridized carbons (Fsp3) is 0.419. The number of rotatable bonds is 7. The first-order valence-electron chi connectivity index (χ1n) is 15.0. The van der Waals surface area contributed by atoms with E-state index < -0.39 is 0 Å². The maximum atomic E-state index is 13.1. The monoisotopic (exact) mass is 597 g/mol. The minimum absolute atomic E-state index is 0.246. The third-order valence-corrected chi connectivity index (χ3v) is 8.22. The average molecular weight is 598 g/mol. The summed E-state index contributed by atoms with van der Waals surface area (Å²) < 4.78 is 5.93. The number of aromatic amines is 1. The van der Waals surface area contributed by atoms with Crippen molar-refractivity contribution >= 4 is 51.6 Å². The number of carbonyl (C=O) groups excluding carboxylic acids is 1. The van der Waals surface area contributed by atoms with Gasteiger partial charge in [-0.15, -0.1) is 0 Å². The zero-order chi connectivity index (χ0) is 31.0. The number of H-pyrrole nitrogens is 1. The van der Waals surface area contributed by atoms with Crippen LogP contribution in [0.15, 0.2) is 37.2 Å². The van der Waals surface area contributed by atoms with Crippen LogP contribution < -0.4 is 21.3 Å².